The predicted molar refractivity (Wildman–Crippen MR) is 113 cm³/mol. The second-order valence-electron chi connectivity index (χ2n) is 7.13. The number of ketones is 1. The smallest absolute Gasteiger partial charge is 0.330 e. The average Bonchev–Trinajstić information content (AvgIpc) is 3.07. The zero-order chi connectivity index (χ0) is 21.8. The van der Waals surface area contributed by atoms with Crippen molar-refractivity contribution in [3.63, 3.8) is 0 Å². The fourth-order valence-electron chi connectivity index (χ4n) is 3.55. The van der Waals surface area contributed by atoms with E-state index in [1.165, 1.54) is 0 Å². The number of amides is 2. The lowest BCUT2D eigenvalue weighted by molar-refractivity contribution is -0.147. The summed E-state index contributed by atoms with van der Waals surface area (Å²) < 4.78 is 5.27. The van der Waals surface area contributed by atoms with Crippen LogP contribution in [0.15, 0.2) is 84.9 Å². The SMILES string of the molecule is O=C(COC(=O)[C@H](Cc1ccccc1)N1C(=O)c2ccccc2C1=O)c1ccccc1. The normalized spacial score (nSPS) is 13.6. The second kappa shape index (κ2) is 8.75. The lowest BCUT2D eigenvalue weighted by Gasteiger charge is -2.24. The van der Waals surface area contributed by atoms with E-state index in [0.29, 0.717) is 5.56 Å². The van der Waals surface area contributed by atoms with Gasteiger partial charge in [-0.05, 0) is 17.7 Å². The van der Waals surface area contributed by atoms with Crippen molar-refractivity contribution in [2.24, 2.45) is 0 Å². The maximum Gasteiger partial charge on any atom is 0.330 e. The largest absolute Gasteiger partial charge is 0.456 e. The number of benzene rings is 3. The van der Waals surface area contributed by atoms with E-state index in [9.17, 15) is 19.2 Å². The van der Waals surface area contributed by atoms with Crippen LogP contribution in [0.25, 0.3) is 0 Å². The van der Waals surface area contributed by atoms with Crippen molar-refractivity contribution in [3.8, 4) is 0 Å². The molecule has 1 atom stereocenters. The van der Waals surface area contributed by atoms with E-state index in [1.54, 1.807) is 78.9 Å². The highest BCUT2D eigenvalue weighted by molar-refractivity contribution is 6.22. The van der Waals surface area contributed by atoms with Crippen LogP contribution in [-0.4, -0.2) is 41.1 Å². The molecule has 0 aliphatic carbocycles. The minimum absolute atomic E-state index is 0.0880. The van der Waals surface area contributed by atoms with Crippen LogP contribution in [0.1, 0.15) is 36.6 Å². The van der Waals surface area contributed by atoms with Crippen LogP contribution in [0, 0.1) is 0 Å². The van der Waals surface area contributed by atoms with Gasteiger partial charge in [0.2, 0.25) is 0 Å². The van der Waals surface area contributed by atoms with Gasteiger partial charge in [0, 0.05) is 12.0 Å². The molecule has 31 heavy (non-hydrogen) atoms. The molecule has 1 heterocycles. The van der Waals surface area contributed by atoms with Crippen LogP contribution >= 0.6 is 0 Å². The van der Waals surface area contributed by atoms with Gasteiger partial charge in [0.1, 0.15) is 6.04 Å². The van der Waals surface area contributed by atoms with Gasteiger partial charge in [-0.25, -0.2) is 4.79 Å². The molecule has 0 spiro atoms. The molecule has 1 aliphatic rings. The van der Waals surface area contributed by atoms with Crippen molar-refractivity contribution in [1.29, 1.82) is 0 Å². The molecule has 0 aromatic heterocycles. The topological polar surface area (TPSA) is 80.8 Å². The molecule has 0 fully saturated rings. The number of rotatable bonds is 7. The van der Waals surface area contributed by atoms with Gasteiger partial charge in [0.15, 0.2) is 12.4 Å². The molecular formula is C25H19NO5. The van der Waals surface area contributed by atoms with Gasteiger partial charge in [-0.15, -0.1) is 0 Å². The molecule has 6 nitrogen and oxygen atoms in total. The third-order valence-electron chi connectivity index (χ3n) is 5.12. The minimum atomic E-state index is -1.18. The Hall–Kier alpha value is -4.06. The zero-order valence-corrected chi connectivity index (χ0v) is 16.6. The molecule has 0 N–H and O–H groups in total. The third kappa shape index (κ3) is 4.14. The fraction of sp³-hybridized carbons (Fsp3) is 0.120. The number of esters is 1. The Kier molecular flexibility index (Phi) is 5.71. The Bertz CT molecular complexity index is 1110. The molecular weight excluding hydrogens is 394 g/mol. The van der Waals surface area contributed by atoms with Crippen molar-refractivity contribution in [2.75, 3.05) is 6.61 Å². The van der Waals surface area contributed by atoms with E-state index in [0.717, 1.165) is 10.5 Å². The van der Waals surface area contributed by atoms with E-state index in [2.05, 4.69) is 0 Å². The van der Waals surface area contributed by atoms with Crippen molar-refractivity contribution in [1.82, 2.24) is 4.90 Å². The van der Waals surface area contributed by atoms with Gasteiger partial charge in [0.05, 0.1) is 11.1 Å². The molecule has 154 valence electrons. The number of ether oxygens (including phenoxy) is 1. The van der Waals surface area contributed by atoms with Crippen molar-refractivity contribution in [3.05, 3.63) is 107 Å². The van der Waals surface area contributed by atoms with Gasteiger partial charge in [-0.1, -0.05) is 72.8 Å². The summed E-state index contributed by atoms with van der Waals surface area (Å²) in [7, 11) is 0. The second-order valence-corrected chi connectivity index (χ2v) is 7.13. The average molecular weight is 413 g/mol. The molecule has 1 aliphatic heterocycles. The van der Waals surface area contributed by atoms with Gasteiger partial charge < -0.3 is 4.74 Å². The Morgan fingerprint density at radius 2 is 1.26 bits per heavy atom. The number of carbonyl (C=O) groups excluding carboxylic acids is 4. The molecule has 0 unspecified atom stereocenters. The summed E-state index contributed by atoms with van der Waals surface area (Å²) in [5.41, 5.74) is 1.67. The maximum atomic E-state index is 13.0. The summed E-state index contributed by atoms with van der Waals surface area (Å²) in [4.78, 5) is 52.1. The number of hydrogen-bond donors (Lipinski definition) is 0. The molecule has 0 saturated heterocycles. The predicted octanol–water partition coefficient (Wildman–Crippen LogP) is 3.32. The van der Waals surface area contributed by atoms with E-state index in [4.69, 9.17) is 4.74 Å². The van der Waals surface area contributed by atoms with Crippen LogP contribution in [0.3, 0.4) is 0 Å². The highest BCUT2D eigenvalue weighted by Gasteiger charge is 2.43. The summed E-state index contributed by atoms with van der Waals surface area (Å²) in [5.74, 6) is -2.27. The Balaban J connectivity index is 1.58. The minimum Gasteiger partial charge on any atom is -0.456 e. The first-order chi connectivity index (χ1) is 15.1. The van der Waals surface area contributed by atoms with Crippen LogP contribution < -0.4 is 0 Å². The first-order valence-electron chi connectivity index (χ1n) is 9.82. The van der Waals surface area contributed by atoms with Gasteiger partial charge in [-0.3, -0.25) is 19.3 Å². The summed E-state index contributed by atoms with van der Waals surface area (Å²) in [6.45, 7) is -0.475. The van der Waals surface area contributed by atoms with E-state index >= 15 is 0 Å². The van der Waals surface area contributed by atoms with Crippen LogP contribution in [-0.2, 0) is 16.0 Å². The highest BCUT2D eigenvalue weighted by atomic mass is 16.5. The molecule has 0 bridgehead atoms. The fourth-order valence-corrected chi connectivity index (χ4v) is 3.55. The van der Waals surface area contributed by atoms with Gasteiger partial charge in [0.25, 0.3) is 11.8 Å². The van der Waals surface area contributed by atoms with Gasteiger partial charge >= 0.3 is 5.97 Å². The summed E-state index contributed by atoms with van der Waals surface area (Å²) >= 11 is 0. The van der Waals surface area contributed by atoms with Crippen LogP contribution in [0.5, 0.6) is 0 Å². The Labute approximate surface area is 179 Å². The lowest BCUT2D eigenvalue weighted by atomic mass is 10.0. The van der Waals surface area contributed by atoms with Crippen LogP contribution in [0.4, 0.5) is 0 Å². The maximum absolute atomic E-state index is 13.0. The standard InChI is InChI=1S/C25H19NO5/c27-22(18-11-5-2-6-12-18)16-31-25(30)21(15-17-9-3-1-4-10-17)26-23(28)19-13-7-8-14-20(19)24(26)29/h1-14,21H,15-16H2/t21-/m0/s1. The van der Waals surface area contributed by atoms with Crippen molar-refractivity contribution >= 4 is 23.6 Å². The number of fused-ring (bicyclic) bond motifs is 1. The van der Waals surface area contributed by atoms with Crippen LogP contribution in [0.2, 0.25) is 0 Å². The van der Waals surface area contributed by atoms with E-state index in [1.807, 2.05) is 6.07 Å². The summed E-state index contributed by atoms with van der Waals surface area (Å²) in [6, 6.07) is 22.8. The molecule has 2 amide bonds. The molecule has 3 aromatic carbocycles. The number of imide groups is 1. The lowest BCUT2D eigenvalue weighted by Crippen LogP contribution is -2.47. The summed E-state index contributed by atoms with van der Waals surface area (Å²) in [6.07, 6.45) is 0.0880. The third-order valence-corrected chi connectivity index (χ3v) is 5.12. The number of Topliss-reactive ketones (excluding diaryl/α,β-unsaturated/α-hetero) is 1. The molecule has 4 rings (SSSR count). The number of nitrogens with zero attached hydrogens (tertiary/aromatic N) is 1. The number of carbonyl (C=O) groups is 4. The number of hydrogen-bond acceptors (Lipinski definition) is 5. The molecule has 0 radical (unpaired) electrons. The monoisotopic (exact) mass is 413 g/mol. The first-order valence-corrected chi connectivity index (χ1v) is 9.82. The van der Waals surface area contributed by atoms with E-state index in [-0.39, 0.29) is 23.3 Å². The van der Waals surface area contributed by atoms with Gasteiger partial charge in [-0.2, -0.15) is 0 Å². The molecule has 0 saturated carbocycles. The Morgan fingerprint density at radius 3 is 1.84 bits per heavy atom. The summed E-state index contributed by atoms with van der Waals surface area (Å²) in [5, 5.41) is 0. The van der Waals surface area contributed by atoms with E-state index < -0.39 is 30.4 Å². The quantitative estimate of drug-likeness (QED) is 0.337. The first kappa shape index (κ1) is 20.2. The zero-order valence-electron chi connectivity index (χ0n) is 16.6. The molecule has 3 aromatic rings. The Morgan fingerprint density at radius 1 is 0.742 bits per heavy atom. The van der Waals surface area contributed by atoms with Crippen molar-refractivity contribution < 1.29 is 23.9 Å². The highest BCUT2D eigenvalue weighted by Crippen LogP contribution is 2.26. The molecule has 6 heteroatoms. The van der Waals surface area contributed by atoms with Crippen molar-refractivity contribution in [2.45, 2.75) is 12.5 Å².